The Morgan fingerprint density at radius 2 is 1.89 bits per heavy atom. The maximum atomic E-state index is 8.64. The minimum Gasteiger partial charge on any atom is -0.240 e. The summed E-state index contributed by atoms with van der Waals surface area (Å²) in [4.78, 5) is 4.46. The summed E-state index contributed by atoms with van der Waals surface area (Å²) in [5.41, 5.74) is 3.47. The van der Waals surface area contributed by atoms with Gasteiger partial charge in [-0.3, -0.25) is 0 Å². The Bertz CT molecular complexity index is 568. The van der Waals surface area contributed by atoms with Crippen molar-refractivity contribution in [3.8, 4) is 16.6 Å². The second-order valence-corrected chi connectivity index (χ2v) is 6.16. The van der Waals surface area contributed by atoms with Crippen molar-refractivity contribution >= 4 is 11.3 Å². The number of nitriles is 1. The molecule has 0 spiro atoms. The molecule has 18 heavy (non-hydrogen) atoms. The van der Waals surface area contributed by atoms with Crippen LogP contribution in [0.1, 0.15) is 32.0 Å². The summed E-state index contributed by atoms with van der Waals surface area (Å²) in [6.45, 7) is 6.61. The van der Waals surface area contributed by atoms with E-state index in [-0.39, 0.29) is 5.41 Å². The molecule has 0 amide bonds. The van der Waals surface area contributed by atoms with Crippen molar-refractivity contribution in [1.29, 1.82) is 5.26 Å². The van der Waals surface area contributed by atoms with Crippen LogP contribution in [0.25, 0.3) is 10.6 Å². The van der Waals surface area contributed by atoms with Crippen molar-refractivity contribution in [3.05, 3.63) is 40.9 Å². The lowest BCUT2D eigenvalue weighted by molar-refractivity contribution is 0.590. The zero-order valence-corrected chi connectivity index (χ0v) is 11.7. The Morgan fingerprint density at radius 1 is 1.22 bits per heavy atom. The first kappa shape index (κ1) is 12.8. The van der Waals surface area contributed by atoms with Gasteiger partial charge in [-0.1, -0.05) is 45.0 Å². The summed E-state index contributed by atoms with van der Waals surface area (Å²) in [6.07, 6.45) is 0.385. The number of aromatic nitrogens is 1. The van der Waals surface area contributed by atoms with E-state index < -0.39 is 0 Å². The van der Waals surface area contributed by atoms with Gasteiger partial charge in [0, 0.05) is 10.9 Å². The molecule has 0 saturated carbocycles. The number of rotatable bonds is 2. The Kier molecular flexibility index (Phi) is 3.49. The van der Waals surface area contributed by atoms with Gasteiger partial charge < -0.3 is 0 Å². The molecule has 2 rings (SSSR count). The Hall–Kier alpha value is -1.66. The molecule has 0 saturated heterocycles. The quantitative estimate of drug-likeness (QED) is 0.808. The van der Waals surface area contributed by atoms with Crippen molar-refractivity contribution in [3.63, 3.8) is 0 Å². The monoisotopic (exact) mass is 256 g/mol. The Labute approximate surface area is 112 Å². The molecule has 0 N–H and O–H groups in total. The van der Waals surface area contributed by atoms with Crippen LogP contribution in [0.15, 0.2) is 29.6 Å². The van der Waals surface area contributed by atoms with Crippen LogP contribution in [0, 0.1) is 11.3 Å². The van der Waals surface area contributed by atoms with Crippen LogP contribution in [-0.2, 0) is 11.8 Å². The van der Waals surface area contributed by atoms with Gasteiger partial charge in [-0.2, -0.15) is 5.26 Å². The molecule has 0 aliphatic carbocycles. The second kappa shape index (κ2) is 4.91. The van der Waals surface area contributed by atoms with E-state index in [0.29, 0.717) is 6.42 Å². The molecule has 0 atom stereocenters. The molecule has 0 radical (unpaired) electrons. The van der Waals surface area contributed by atoms with Gasteiger partial charge in [0.05, 0.1) is 18.2 Å². The van der Waals surface area contributed by atoms with Gasteiger partial charge in [0.2, 0.25) is 0 Å². The molecule has 3 heteroatoms. The highest BCUT2D eigenvalue weighted by Gasteiger charge is 2.13. The van der Waals surface area contributed by atoms with Crippen LogP contribution in [-0.4, -0.2) is 4.98 Å². The summed E-state index contributed by atoms with van der Waals surface area (Å²) in [5.74, 6) is 0. The predicted octanol–water partition coefficient (Wildman–Crippen LogP) is 4.17. The highest BCUT2D eigenvalue weighted by Crippen LogP contribution is 2.27. The maximum absolute atomic E-state index is 8.64. The third-order valence-electron chi connectivity index (χ3n) is 2.81. The molecule has 0 fully saturated rings. The van der Waals surface area contributed by atoms with E-state index in [1.54, 1.807) is 11.3 Å². The van der Waals surface area contributed by atoms with Crippen molar-refractivity contribution in [2.24, 2.45) is 0 Å². The highest BCUT2D eigenvalue weighted by molar-refractivity contribution is 7.13. The van der Waals surface area contributed by atoms with Gasteiger partial charge in [-0.25, -0.2) is 4.98 Å². The van der Waals surface area contributed by atoms with E-state index in [0.717, 1.165) is 16.3 Å². The average molecular weight is 256 g/mol. The number of benzene rings is 1. The van der Waals surface area contributed by atoms with E-state index in [2.05, 4.69) is 56.1 Å². The Morgan fingerprint density at radius 3 is 2.44 bits per heavy atom. The van der Waals surface area contributed by atoms with E-state index >= 15 is 0 Å². The molecule has 2 aromatic rings. The summed E-state index contributed by atoms with van der Waals surface area (Å²) in [7, 11) is 0. The first-order valence-corrected chi connectivity index (χ1v) is 6.81. The molecule has 1 aromatic heterocycles. The Balaban J connectivity index is 2.26. The van der Waals surface area contributed by atoms with Crippen molar-refractivity contribution < 1.29 is 0 Å². The van der Waals surface area contributed by atoms with Crippen LogP contribution in [0.4, 0.5) is 0 Å². The lowest BCUT2D eigenvalue weighted by atomic mass is 9.87. The summed E-state index contributed by atoms with van der Waals surface area (Å²) in [6, 6.07) is 10.6. The van der Waals surface area contributed by atoms with Crippen molar-refractivity contribution in [2.75, 3.05) is 0 Å². The van der Waals surface area contributed by atoms with Gasteiger partial charge >= 0.3 is 0 Å². The van der Waals surface area contributed by atoms with Crippen LogP contribution >= 0.6 is 11.3 Å². The zero-order valence-electron chi connectivity index (χ0n) is 10.9. The predicted molar refractivity (Wildman–Crippen MR) is 75.6 cm³/mol. The number of nitrogens with zero attached hydrogens (tertiary/aromatic N) is 2. The molecule has 0 aliphatic rings. The largest absolute Gasteiger partial charge is 0.240 e. The number of hydrogen-bond donors (Lipinski definition) is 0. The smallest absolute Gasteiger partial charge is 0.123 e. The number of thiazole rings is 1. The maximum Gasteiger partial charge on any atom is 0.123 e. The molecule has 2 nitrogen and oxygen atoms in total. The van der Waals surface area contributed by atoms with Crippen LogP contribution in [0.5, 0.6) is 0 Å². The molecule has 1 heterocycles. The van der Waals surface area contributed by atoms with Gasteiger partial charge in [0.25, 0.3) is 0 Å². The third kappa shape index (κ3) is 2.77. The fraction of sp³-hybridized carbons (Fsp3) is 0.333. The van der Waals surface area contributed by atoms with E-state index in [1.165, 1.54) is 5.56 Å². The molecular weight excluding hydrogens is 240 g/mol. The normalized spacial score (nSPS) is 11.2. The molecule has 1 aromatic carbocycles. The van der Waals surface area contributed by atoms with E-state index in [4.69, 9.17) is 5.26 Å². The third-order valence-corrected chi connectivity index (χ3v) is 3.75. The summed E-state index contributed by atoms with van der Waals surface area (Å²) >= 11 is 1.59. The van der Waals surface area contributed by atoms with Crippen LogP contribution in [0.2, 0.25) is 0 Å². The van der Waals surface area contributed by atoms with Crippen molar-refractivity contribution in [2.45, 2.75) is 32.6 Å². The lowest BCUT2D eigenvalue weighted by Gasteiger charge is -2.18. The van der Waals surface area contributed by atoms with Gasteiger partial charge in [0.1, 0.15) is 5.01 Å². The highest BCUT2D eigenvalue weighted by atomic mass is 32.1. The number of hydrogen-bond acceptors (Lipinski definition) is 3. The standard InChI is InChI=1S/C15H16N2S/c1-15(2,3)12-6-4-11(5-7-12)14-17-13(8-9-16)10-18-14/h4-7,10H,8H2,1-3H3. The lowest BCUT2D eigenvalue weighted by Crippen LogP contribution is -2.10. The van der Waals surface area contributed by atoms with Crippen LogP contribution < -0.4 is 0 Å². The summed E-state index contributed by atoms with van der Waals surface area (Å²) < 4.78 is 0. The summed E-state index contributed by atoms with van der Waals surface area (Å²) in [5, 5.41) is 11.6. The minimum atomic E-state index is 0.174. The fourth-order valence-electron chi connectivity index (χ4n) is 1.71. The van der Waals surface area contributed by atoms with E-state index in [1.807, 2.05) is 5.38 Å². The van der Waals surface area contributed by atoms with Crippen molar-refractivity contribution in [1.82, 2.24) is 4.98 Å². The molecule has 0 unspecified atom stereocenters. The van der Waals surface area contributed by atoms with Gasteiger partial charge in [-0.15, -0.1) is 11.3 Å². The SMILES string of the molecule is CC(C)(C)c1ccc(-c2nc(CC#N)cs2)cc1. The molecule has 0 aliphatic heterocycles. The fourth-order valence-corrected chi connectivity index (χ4v) is 2.54. The molecule has 0 bridgehead atoms. The van der Waals surface area contributed by atoms with E-state index in [9.17, 15) is 0 Å². The molecule has 92 valence electrons. The van der Waals surface area contributed by atoms with Crippen LogP contribution in [0.3, 0.4) is 0 Å². The van der Waals surface area contributed by atoms with Gasteiger partial charge in [-0.05, 0) is 11.0 Å². The molecular formula is C15H16N2S. The average Bonchev–Trinajstić information content (AvgIpc) is 2.77. The first-order valence-electron chi connectivity index (χ1n) is 5.93. The zero-order chi connectivity index (χ0) is 13.2. The minimum absolute atomic E-state index is 0.174. The second-order valence-electron chi connectivity index (χ2n) is 5.31. The topological polar surface area (TPSA) is 36.7 Å². The first-order chi connectivity index (χ1) is 8.50. The van der Waals surface area contributed by atoms with Gasteiger partial charge in [0.15, 0.2) is 0 Å².